The minimum Gasteiger partial charge on any atom is -0.478 e. The summed E-state index contributed by atoms with van der Waals surface area (Å²) in [5, 5.41) is 11.1. The lowest BCUT2D eigenvalue weighted by Gasteiger charge is -2.18. The molecule has 0 spiro atoms. The van der Waals surface area contributed by atoms with Gasteiger partial charge in [-0.05, 0) is 49.3 Å². The van der Waals surface area contributed by atoms with E-state index in [1.54, 1.807) is 6.07 Å². The fourth-order valence-corrected chi connectivity index (χ4v) is 5.68. The van der Waals surface area contributed by atoms with Gasteiger partial charge in [0.1, 0.15) is 5.52 Å². The summed E-state index contributed by atoms with van der Waals surface area (Å²) in [6.45, 7) is 2.84. The first kappa shape index (κ1) is 21.7. The average molecular weight is 445 g/mol. The normalized spacial score (nSPS) is 16.2. The lowest BCUT2D eigenvalue weighted by molar-refractivity contribution is 0.0698. The molecule has 2 aromatic heterocycles. The van der Waals surface area contributed by atoms with Crippen molar-refractivity contribution in [2.24, 2.45) is 5.92 Å². The van der Waals surface area contributed by atoms with Gasteiger partial charge in [0.15, 0.2) is 12.0 Å². The molecule has 33 heavy (non-hydrogen) atoms. The third kappa shape index (κ3) is 4.17. The van der Waals surface area contributed by atoms with Crippen LogP contribution in [0.25, 0.3) is 22.0 Å². The van der Waals surface area contributed by atoms with Gasteiger partial charge >= 0.3 is 5.97 Å². The number of carbonyl (C=O) groups is 1. The van der Waals surface area contributed by atoms with Crippen LogP contribution in [-0.2, 0) is 19.4 Å². The largest absolute Gasteiger partial charge is 0.478 e. The predicted molar refractivity (Wildman–Crippen MR) is 131 cm³/mol. The van der Waals surface area contributed by atoms with Crippen molar-refractivity contribution in [1.82, 2.24) is 9.55 Å². The molecule has 1 unspecified atom stereocenters. The van der Waals surface area contributed by atoms with Crippen LogP contribution in [0.1, 0.15) is 79.0 Å². The minimum absolute atomic E-state index is 0.379. The van der Waals surface area contributed by atoms with E-state index in [2.05, 4.69) is 28.6 Å². The summed E-state index contributed by atoms with van der Waals surface area (Å²) in [5.41, 5.74) is 6.53. The SMILES string of the molecule is CCCCCCC1CCCc2c(n(Cc3cccc4ncoc34)c3c(C(=O)O)cccc23)C1. The van der Waals surface area contributed by atoms with Crippen LogP contribution >= 0.6 is 0 Å². The van der Waals surface area contributed by atoms with E-state index < -0.39 is 5.97 Å². The van der Waals surface area contributed by atoms with Crippen LogP contribution in [0.5, 0.6) is 0 Å². The summed E-state index contributed by atoms with van der Waals surface area (Å²) >= 11 is 0. The molecule has 172 valence electrons. The van der Waals surface area contributed by atoms with Crippen molar-refractivity contribution in [3.05, 3.63) is 65.2 Å². The molecule has 1 N–H and O–H groups in total. The molecule has 0 bridgehead atoms. The number of rotatable bonds is 8. The molecule has 0 amide bonds. The molecule has 4 aromatic rings. The molecular weight excluding hydrogens is 412 g/mol. The Hall–Kier alpha value is -3.08. The number of aromatic nitrogens is 2. The molecule has 2 heterocycles. The van der Waals surface area contributed by atoms with Crippen LogP contribution in [0.2, 0.25) is 0 Å². The Morgan fingerprint density at radius 1 is 1.18 bits per heavy atom. The number of fused-ring (bicyclic) bond motifs is 4. The molecule has 1 atom stereocenters. The summed E-state index contributed by atoms with van der Waals surface area (Å²) in [6, 6.07) is 11.7. The summed E-state index contributed by atoms with van der Waals surface area (Å²) in [6.07, 6.45) is 12.3. The number of hydrogen-bond donors (Lipinski definition) is 1. The van der Waals surface area contributed by atoms with E-state index in [0.29, 0.717) is 18.0 Å². The summed E-state index contributed by atoms with van der Waals surface area (Å²) in [7, 11) is 0. The van der Waals surface area contributed by atoms with Crippen LogP contribution < -0.4 is 0 Å². The van der Waals surface area contributed by atoms with Gasteiger partial charge in [-0.25, -0.2) is 9.78 Å². The predicted octanol–water partition coefficient (Wildman–Crippen LogP) is 6.99. The molecule has 2 aromatic carbocycles. The van der Waals surface area contributed by atoms with Crippen molar-refractivity contribution in [3.8, 4) is 0 Å². The Morgan fingerprint density at radius 2 is 2.06 bits per heavy atom. The first-order valence-electron chi connectivity index (χ1n) is 12.3. The molecule has 0 fully saturated rings. The Balaban J connectivity index is 1.61. The van der Waals surface area contributed by atoms with E-state index >= 15 is 0 Å². The van der Waals surface area contributed by atoms with E-state index in [1.165, 1.54) is 62.6 Å². The number of aryl methyl sites for hydroxylation is 1. The average Bonchev–Trinajstić information content (AvgIpc) is 3.34. The summed E-state index contributed by atoms with van der Waals surface area (Å²) < 4.78 is 7.99. The first-order chi connectivity index (χ1) is 16.2. The second kappa shape index (κ2) is 9.42. The topological polar surface area (TPSA) is 68.3 Å². The van der Waals surface area contributed by atoms with Gasteiger partial charge in [0.25, 0.3) is 0 Å². The molecule has 5 heteroatoms. The van der Waals surface area contributed by atoms with Crippen LogP contribution in [0.3, 0.4) is 0 Å². The zero-order valence-corrected chi connectivity index (χ0v) is 19.3. The quantitative estimate of drug-likeness (QED) is 0.235. The number of unbranched alkanes of at least 4 members (excludes halogenated alkanes) is 3. The molecule has 0 aliphatic heterocycles. The Labute approximate surface area is 194 Å². The molecule has 0 saturated carbocycles. The lowest BCUT2D eigenvalue weighted by atomic mass is 9.93. The van der Waals surface area contributed by atoms with E-state index in [-0.39, 0.29) is 0 Å². The van der Waals surface area contributed by atoms with Crippen molar-refractivity contribution in [2.45, 2.75) is 71.3 Å². The van der Waals surface area contributed by atoms with Crippen molar-refractivity contribution < 1.29 is 14.3 Å². The highest BCUT2D eigenvalue weighted by Gasteiger charge is 2.26. The number of hydrogen-bond acceptors (Lipinski definition) is 3. The maximum Gasteiger partial charge on any atom is 0.337 e. The van der Waals surface area contributed by atoms with Crippen LogP contribution in [0, 0.1) is 5.92 Å². The molecule has 1 aliphatic rings. The van der Waals surface area contributed by atoms with Gasteiger partial charge in [-0.15, -0.1) is 0 Å². The second-order valence-electron chi connectivity index (χ2n) is 9.45. The van der Waals surface area contributed by atoms with Crippen LogP contribution in [-0.4, -0.2) is 20.6 Å². The minimum atomic E-state index is -0.872. The Kier molecular flexibility index (Phi) is 6.21. The standard InChI is InChI=1S/C28H32N2O3/c1-2-3-4-5-9-19-10-6-12-21-22-13-8-14-23(28(31)32)26(22)30(25(21)16-19)17-20-11-7-15-24-27(20)33-18-29-24/h7-8,11,13-15,18-19H,2-6,9-10,12,16-17H2,1H3,(H,31,32). The maximum atomic E-state index is 12.2. The Morgan fingerprint density at radius 3 is 2.91 bits per heavy atom. The van der Waals surface area contributed by atoms with Crippen molar-refractivity contribution in [1.29, 1.82) is 0 Å². The number of benzene rings is 2. The van der Waals surface area contributed by atoms with Gasteiger partial charge in [0, 0.05) is 16.6 Å². The van der Waals surface area contributed by atoms with E-state index in [4.69, 9.17) is 4.42 Å². The third-order valence-electron chi connectivity index (χ3n) is 7.29. The van der Waals surface area contributed by atoms with Gasteiger partial charge in [-0.1, -0.05) is 63.3 Å². The molecule has 0 radical (unpaired) electrons. The van der Waals surface area contributed by atoms with Gasteiger partial charge in [-0.3, -0.25) is 0 Å². The van der Waals surface area contributed by atoms with Gasteiger partial charge < -0.3 is 14.1 Å². The van der Waals surface area contributed by atoms with Crippen LogP contribution in [0.4, 0.5) is 0 Å². The monoisotopic (exact) mass is 444 g/mol. The highest BCUT2D eigenvalue weighted by atomic mass is 16.4. The fraction of sp³-hybridized carbons (Fsp3) is 0.429. The Bertz CT molecular complexity index is 1280. The highest BCUT2D eigenvalue weighted by Crippen LogP contribution is 2.37. The van der Waals surface area contributed by atoms with Crippen molar-refractivity contribution >= 4 is 28.0 Å². The smallest absolute Gasteiger partial charge is 0.337 e. The lowest BCUT2D eigenvalue weighted by Crippen LogP contribution is -2.12. The van der Waals surface area contributed by atoms with Crippen LogP contribution in [0.15, 0.2) is 47.2 Å². The molecular formula is C28H32N2O3. The zero-order valence-electron chi connectivity index (χ0n) is 19.3. The van der Waals surface area contributed by atoms with E-state index in [9.17, 15) is 9.90 Å². The third-order valence-corrected chi connectivity index (χ3v) is 7.29. The highest BCUT2D eigenvalue weighted by molar-refractivity contribution is 6.04. The number of nitrogens with zero attached hydrogens (tertiary/aromatic N) is 2. The number of carboxylic acid groups (broad SMARTS) is 1. The zero-order chi connectivity index (χ0) is 22.8. The number of para-hydroxylation sites is 2. The molecule has 5 nitrogen and oxygen atoms in total. The number of aromatic carboxylic acids is 1. The summed E-state index contributed by atoms with van der Waals surface area (Å²) in [5.74, 6) is -0.219. The molecule has 5 rings (SSSR count). The number of oxazole rings is 1. The molecule has 0 saturated heterocycles. The maximum absolute atomic E-state index is 12.2. The second-order valence-corrected chi connectivity index (χ2v) is 9.45. The fourth-order valence-electron chi connectivity index (χ4n) is 5.68. The van der Waals surface area contributed by atoms with Crippen molar-refractivity contribution in [3.63, 3.8) is 0 Å². The van der Waals surface area contributed by atoms with Gasteiger partial charge in [0.05, 0.1) is 17.6 Å². The van der Waals surface area contributed by atoms with Crippen molar-refractivity contribution in [2.75, 3.05) is 0 Å². The first-order valence-corrected chi connectivity index (χ1v) is 12.3. The number of carboxylic acids is 1. The van der Waals surface area contributed by atoms with Gasteiger partial charge in [0.2, 0.25) is 0 Å². The molecule has 1 aliphatic carbocycles. The van der Waals surface area contributed by atoms with E-state index in [0.717, 1.165) is 40.4 Å². The summed E-state index contributed by atoms with van der Waals surface area (Å²) in [4.78, 5) is 16.5. The van der Waals surface area contributed by atoms with E-state index in [1.807, 2.05) is 18.2 Å². The van der Waals surface area contributed by atoms with Gasteiger partial charge in [-0.2, -0.15) is 0 Å².